The first-order chi connectivity index (χ1) is 10.9. The average Bonchev–Trinajstić information content (AvgIpc) is 2.43. The fourth-order valence-corrected chi connectivity index (χ4v) is 6.02. The van der Waals surface area contributed by atoms with Gasteiger partial charge in [0.1, 0.15) is 0 Å². The van der Waals surface area contributed by atoms with Crippen molar-refractivity contribution in [2.24, 2.45) is 17.3 Å². The highest BCUT2D eigenvalue weighted by molar-refractivity contribution is 5.90. The number of rotatable bonds is 4. The standard InChI is InChI=1S/C20H27NO2/c1-14-3-2-4-17(7-14)21-18(22)5-6-19-9-15-8-16(10-19)12-20(23,11-15)13-19/h2-4,7,15-16,23H,5-6,8-13H2,1H3,(H,21,22). The fourth-order valence-electron chi connectivity index (χ4n) is 6.02. The van der Waals surface area contributed by atoms with Crippen LogP contribution in [-0.4, -0.2) is 16.6 Å². The van der Waals surface area contributed by atoms with E-state index < -0.39 is 5.60 Å². The second-order valence-electron chi connectivity index (χ2n) is 8.60. The maximum Gasteiger partial charge on any atom is 0.224 e. The van der Waals surface area contributed by atoms with E-state index in [-0.39, 0.29) is 11.3 Å². The molecule has 0 saturated heterocycles. The van der Waals surface area contributed by atoms with E-state index in [2.05, 4.69) is 5.32 Å². The molecule has 2 unspecified atom stereocenters. The van der Waals surface area contributed by atoms with Crippen LogP contribution in [0.15, 0.2) is 24.3 Å². The first kappa shape index (κ1) is 15.2. The molecule has 0 aromatic heterocycles. The molecule has 0 spiro atoms. The monoisotopic (exact) mass is 313 g/mol. The van der Waals surface area contributed by atoms with Crippen LogP contribution in [-0.2, 0) is 4.79 Å². The Bertz CT molecular complexity index is 610. The van der Waals surface area contributed by atoms with Crippen molar-refractivity contribution in [2.45, 2.75) is 63.9 Å². The predicted molar refractivity (Wildman–Crippen MR) is 91.1 cm³/mol. The van der Waals surface area contributed by atoms with Gasteiger partial charge in [0.15, 0.2) is 0 Å². The molecule has 1 aromatic rings. The Labute approximate surface area is 138 Å². The summed E-state index contributed by atoms with van der Waals surface area (Å²) in [6, 6.07) is 7.95. The zero-order valence-corrected chi connectivity index (χ0v) is 14.0. The first-order valence-corrected chi connectivity index (χ1v) is 9.03. The lowest BCUT2D eigenvalue weighted by molar-refractivity contribution is -0.166. The summed E-state index contributed by atoms with van der Waals surface area (Å²) in [7, 11) is 0. The van der Waals surface area contributed by atoms with Crippen molar-refractivity contribution in [1.82, 2.24) is 0 Å². The molecule has 1 aromatic carbocycles. The van der Waals surface area contributed by atoms with Gasteiger partial charge in [0.2, 0.25) is 5.91 Å². The predicted octanol–water partition coefficient (Wildman–Crippen LogP) is 4.05. The lowest BCUT2D eigenvalue weighted by Gasteiger charge is -2.60. The van der Waals surface area contributed by atoms with Gasteiger partial charge in [-0.15, -0.1) is 0 Å². The summed E-state index contributed by atoms with van der Waals surface area (Å²) in [5.74, 6) is 1.50. The third-order valence-electron chi connectivity index (χ3n) is 6.34. The number of benzene rings is 1. The van der Waals surface area contributed by atoms with Gasteiger partial charge in [0, 0.05) is 12.1 Å². The van der Waals surface area contributed by atoms with Gasteiger partial charge in [-0.05, 0) is 86.8 Å². The minimum atomic E-state index is -0.420. The van der Waals surface area contributed by atoms with Crippen molar-refractivity contribution in [2.75, 3.05) is 5.32 Å². The Kier molecular flexibility index (Phi) is 3.53. The SMILES string of the molecule is Cc1cccc(NC(=O)CCC23CC4CC(CC(O)(C4)C2)C3)c1. The number of carbonyl (C=O) groups excluding carboxylic acids is 1. The van der Waals surface area contributed by atoms with Gasteiger partial charge in [-0.25, -0.2) is 0 Å². The van der Waals surface area contributed by atoms with Gasteiger partial charge < -0.3 is 10.4 Å². The van der Waals surface area contributed by atoms with Crippen molar-refractivity contribution >= 4 is 11.6 Å². The summed E-state index contributed by atoms with van der Waals surface area (Å²) < 4.78 is 0. The molecule has 2 atom stereocenters. The third-order valence-corrected chi connectivity index (χ3v) is 6.34. The van der Waals surface area contributed by atoms with Crippen LogP contribution in [0, 0.1) is 24.2 Å². The van der Waals surface area contributed by atoms with Gasteiger partial charge >= 0.3 is 0 Å². The quantitative estimate of drug-likeness (QED) is 0.881. The second kappa shape index (κ2) is 5.34. The minimum absolute atomic E-state index is 0.110. The van der Waals surface area contributed by atoms with Gasteiger partial charge in [-0.2, -0.15) is 0 Å². The fraction of sp³-hybridized carbons (Fsp3) is 0.650. The van der Waals surface area contributed by atoms with Crippen LogP contribution < -0.4 is 5.32 Å². The minimum Gasteiger partial charge on any atom is -0.390 e. The molecule has 2 N–H and O–H groups in total. The Balaban J connectivity index is 1.38. The highest BCUT2D eigenvalue weighted by atomic mass is 16.3. The zero-order valence-electron chi connectivity index (χ0n) is 14.0. The van der Waals surface area contributed by atoms with Gasteiger partial charge in [-0.3, -0.25) is 4.79 Å². The zero-order chi connectivity index (χ0) is 16.1. The molecule has 4 aliphatic rings. The molecule has 0 radical (unpaired) electrons. The summed E-state index contributed by atoms with van der Waals surface area (Å²) in [6.07, 6.45) is 8.18. The molecular formula is C20H27NO2. The van der Waals surface area contributed by atoms with Crippen LogP contribution in [0.25, 0.3) is 0 Å². The van der Waals surface area contributed by atoms with Crippen LogP contribution >= 0.6 is 0 Å². The van der Waals surface area contributed by atoms with Crippen LogP contribution in [0.2, 0.25) is 0 Å². The highest BCUT2D eigenvalue weighted by Crippen LogP contribution is 2.63. The summed E-state index contributed by atoms with van der Waals surface area (Å²) in [6.45, 7) is 2.03. The number of nitrogens with one attached hydrogen (secondary N) is 1. The van der Waals surface area contributed by atoms with Crippen LogP contribution in [0.5, 0.6) is 0 Å². The molecule has 3 heteroatoms. The molecule has 3 nitrogen and oxygen atoms in total. The maximum atomic E-state index is 12.3. The Morgan fingerprint density at radius 3 is 2.65 bits per heavy atom. The maximum absolute atomic E-state index is 12.3. The number of hydrogen-bond donors (Lipinski definition) is 2. The van der Waals surface area contributed by atoms with E-state index in [4.69, 9.17) is 0 Å². The van der Waals surface area contributed by atoms with Crippen LogP contribution in [0.1, 0.15) is 56.9 Å². The number of aryl methyl sites for hydroxylation is 1. The molecule has 4 fully saturated rings. The third kappa shape index (κ3) is 3.03. The molecule has 23 heavy (non-hydrogen) atoms. The largest absolute Gasteiger partial charge is 0.390 e. The van der Waals surface area contributed by atoms with Gasteiger partial charge in [0.05, 0.1) is 5.60 Å². The van der Waals surface area contributed by atoms with E-state index in [9.17, 15) is 9.90 Å². The van der Waals surface area contributed by atoms with E-state index in [1.165, 1.54) is 19.3 Å². The van der Waals surface area contributed by atoms with Crippen molar-refractivity contribution in [3.8, 4) is 0 Å². The summed E-state index contributed by atoms with van der Waals surface area (Å²) in [4.78, 5) is 12.3. The Morgan fingerprint density at radius 2 is 2.00 bits per heavy atom. The summed E-state index contributed by atoms with van der Waals surface area (Å²) in [5.41, 5.74) is 1.85. The second-order valence-corrected chi connectivity index (χ2v) is 8.60. The van der Waals surface area contributed by atoms with Crippen molar-refractivity contribution in [3.05, 3.63) is 29.8 Å². The van der Waals surface area contributed by atoms with Crippen LogP contribution in [0.4, 0.5) is 5.69 Å². The Hall–Kier alpha value is -1.35. The van der Waals surface area contributed by atoms with Crippen molar-refractivity contribution in [1.29, 1.82) is 0 Å². The number of amides is 1. The molecule has 124 valence electrons. The van der Waals surface area contributed by atoms with Crippen LogP contribution in [0.3, 0.4) is 0 Å². The molecule has 4 saturated carbocycles. The van der Waals surface area contributed by atoms with E-state index in [1.807, 2.05) is 31.2 Å². The molecular weight excluding hydrogens is 286 g/mol. The van der Waals surface area contributed by atoms with Gasteiger partial charge in [-0.1, -0.05) is 12.1 Å². The van der Waals surface area contributed by atoms with E-state index in [0.29, 0.717) is 18.3 Å². The normalized spacial score (nSPS) is 37.8. The molecule has 0 heterocycles. The highest BCUT2D eigenvalue weighted by Gasteiger charge is 2.56. The number of carbonyl (C=O) groups is 1. The molecule has 0 aliphatic heterocycles. The molecule has 5 rings (SSSR count). The summed E-state index contributed by atoms with van der Waals surface area (Å²) >= 11 is 0. The number of hydrogen-bond acceptors (Lipinski definition) is 2. The topological polar surface area (TPSA) is 49.3 Å². The molecule has 1 amide bonds. The molecule has 4 bridgehead atoms. The number of anilines is 1. The lowest BCUT2D eigenvalue weighted by Crippen LogP contribution is -2.55. The van der Waals surface area contributed by atoms with E-state index >= 15 is 0 Å². The molecule has 4 aliphatic carbocycles. The lowest BCUT2D eigenvalue weighted by atomic mass is 9.47. The average molecular weight is 313 g/mol. The van der Waals surface area contributed by atoms with E-state index in [1.54, 1.807) is 0 Å². The van der Waals surface area contributed by atoms with Crippen molar-refractivity contribution in [3.63, 3.8) is 0 Å². The smallest absolute Gasteiger partial charge is 0.224 e. The first-order valence-electron chi connectivity index (χ1n) is 9.03. The van der Waals surface area contributed by atoms with E-state index in [0.717, 1.165) is 36.9 Å². The summed E-state index contributed by atoms with van der Waals surface area (Å²) in [5, 5.41) is 13.8. The number of aliphatic hydroxyl groups is 1. The van der Waals surface area contributed by atoms with Gasteiger partial charge in [0.25, 0.3) is 0 Å². The Morgan fingerprint density at radius 1 is 1.26 bits per heavy atom. The van der Waals surface area contributed by atoms with Crippen molar-refractivity contribution < 1.29 is 9.90 Å².